The molecule has 0 aliphatic heterocycles. The maximum atomic E-state index is 10.4. The van der Waals surface area contributed by atoms with Crippen LogP contribution in [0.15, 0.2) is 72.8 Å². The van der Waals surface area contributed by atoms with Gasteiger partial charge in [0.15, 0.2) is 0 Å². The zero-order chi connectivity index (χ0) is 70.6. The Morgan fingerprint density at radius 3 is 0.722 bits per heavy atom. The van der Waals surface area contributed by atoms with Crippen LogP contribution in [0.4, 0.5) is 0 Å². The van der Waals surface area contributed by atoms with Crippen LogP contribution >= 0.6 is 17.2 Å². The van der Waals surface area contributed by atoms with Crippen LogP contribution in [-0.2, 0) is 16.2 Å². The third-order valence-electron chi connectivity index (χ3n) is 21.8. The first kappa shape index (κ1) is 86.6. The first-order valence-corrected chi connectivity index (χ1v) is 43.3. The van der Waals surface area contributed by atoms with Gasteiger partial charge in [-0.25, -0.2) is 0 Å². The van der Waals surface area contributed by atoms with Crippen LogP contribution in [0.5, 0.6) is 11.5 Å². The molecule has 0 bridgehead atoms. The highest BCUT2D eigenvalue weighted by molar-refractivity contribution is 7.40. The summed E-state index contributed by atoms with van der Waals surface area (Å²) in [5.41, 5.74) is 10.3. The predicted octanol–water partition coefficient (Wildman–Crippen LogP) is 29.9. The summed E-state index contributed by atoms with van der Waals surface area (Å²) in [5, 5.41) is 0. The molecular formula is C89H150O6P2. The summed E-state index contributed by atoms with van der Waals surface area (Å²) < 4.78 is 11.9. The van der Waals surface area contributed by atoms with Crippen LogP contribution in [0.3, 0.4) is 0 Å². The van der Waals surface area contributed by atoms with Crippen molar-refractivity contribution < 1.29 is 28.6 Å². The molecule has 552 valence electrons. The van der Waals surface area contributed by atoms with Crippen molar-refractivity contribution in [2.24, 2.45) is 5.41 Å². The molecule has 0 fully saturated rings. The fraction of sp³-hybridized carbons (Fsp3) is 0.730. The molecule has 4 N–H and O–H groups in total. The van der Waals surface area contributed by atoms with Crippen molar-refractivity contribution in [3.05, 3.63) is 106 Å². The largest absolute Gasteiger partial charge is 0.427 e. The van der Waals surface area contributed by atoms with E-state index in [2.05, 4.69) is 144 Å². The van der Waals surface area contributed by atoms with E-state index in [0.717, 1.165) is 50.9 Å². The van der Waals surface area contributed by atoms with Gasteiger partial charge >= 0.3 is 17.2 Å². The summed E-state index contributed by atoms with van der Waals surface area (Å²) in [7, 11) is -5.22. The highest BCUT2D eigenvalue weighted by Gasteiger charge is 2.52. The summed E-state index contributed by atoms with van der Waals surface area (Å²) in [6, 6.07) is 28.4. The SMILES string of the molecule is CCCCCCCCCCCCCCC(c1ccc(-c2cc(C)cc(OP(O)O)c2C(C)(C)C)cc1)(c1ccc(-c2cc(C)cc(OP(O)O)c2C(C)(C)C)cc1)C(CCCCCCCCCCCCC)(CCCCCCCCCCCCC)CCCCCCCCCCCCC. The van der Waals surface area contributed by atoms with E-state index < -0.39 is 17.2 Å². The van der Waals surface area contributed by atoms with E-state index in [1.165, 1.54) is 319 Å². The minimum Gasteiger partial charge on any atom is -0.427 e. The average Bonchev–Trinajstić information content (AvgIpc) is 0.725. The van der Waals surface area contributed by atoms with Crippen molar-refractivity contribution in [2.45, 2.75) is 414 Å². The number of hydrogen-bond donors (Lipinski definition) is 4. The standard InChI is InChI=1S/C89H150O6P2/c1-13-17-21-25-29-33-37-41-45-49-53-57-69-89(78-62-58-76(59-63-78)80-70-74(5)72-82(94-96(90)91)84(80)86(7,8)9,79-64-60-77(61-65-79)81-71-75(6)73-83(95-97(92)93)85(81)87(10,11)12)88(66-54-50-46-42-38-34-30-26-22-18-14-2,67-55-51-47-43-39-35-31-27-23-19-15-3)68-56-52-48-44-40-36-32-28-24-20-16-4/h58-65,70-73,90-93H,13-57,66-69H2,1-12H3. The summed E-state index contributed by atoms with van der Waals surface area (Å²) >= 11 is 0. The van der Waals surface area contributed by atoms with E-state index in [9.17, 15) is 19.6 Å². The van der Waals surface area contributed by atoms with E-state index in [-0.39, 0.29) is 21.7 Å². The molecule has 0 amide bonds. The zero-order valence-electron chi connectivity index (χ0n) is 65.1. The molecule has 4 rings (SSSR count). The monoisotopic (exact) mass is 1380 g/mol. The van der Waals surface area contributed by atoms with Gasteiger partial charge in [0.2, 0.25) is 0 Å². The van der Waals surface area contributed by atoms with Crippen molar-refractivity contribution in [3.63, 3.8) is 0 Å². The first-order chi connectivity index (χ1) is 46.8. The summed E-state index contributed by atoms with van der Waals surface area (Å²) in [5.74, 6) is 1.09. The Morgan fingerprint density at radius 2 is 0.505 bits per heavy atom. The normalized spacial score (nSPS) is 12.5. The van der Waals surface area contributed by atoms with Crippen molar-refractivity contribution in [1.82, 2.24) is 0 Å². The highest BCUT2D eigenvalue weighted by atomic mass is 31.2. The summed E-state index contributed by atoms with van der Waals surface area (Å²) in [6.07, 6.45) is 64.9. The molecule has 0 heterocycles. The van der Waals surface area contributed by atoms with Gasteiger partial charge in [0.25, 0.3) is 0 Å². The molecule has 0 radical (unpaired) electrons. The van der Waals surface area contributed by atoms with Gasteiger partial charge in [-0.1, -0.05) is 419 Å². The van der Waals surface area contributed by atoms with Crippen molar-refractivity contribution in [3.8, 4) is 33.8 Å². The molecule has 0 aliphatic carbocycles. The molecule has 97 heavy (non-hydrogen) atoms. The van der Waals surface area contributed by atoms with Crippen molar-refractivity contribution in [1.29, 1.82) is 0 Å². The number of hydrogen-bond acceptors (Lipinski definition) is 6. The van der Waals surface area contributed by atoms with Gasteiger partial charge in [-0.2, -0.15) is 0 Å². The molecule has 0 atom stereocenters. The van der Waals surface area contributed by atoms with Gasteiger partial charge in [0.05, 0.1) is 0 Å². The maximum Gasteiger partial charge on any atom is 0.391 e. The van der Waals surface area contributed by atoms with Crippen LogP contribution in [-0.4, -0.2) is 19.6 Å². The quantitative estimate of drug-likeness (QED) is 0.0260. The highest BCUT2D eigenvalue weighted by Crippen LogP contribution is 2.60. The van der Waals surface area contributed by atoms with Crippen LogP contribution in [0.25, 0.3) is 22.3 Å². The molecule has 4 aromatic carbocycles. The minimum atomic E-state index is -2.61. The smallest absolute Gasteiger partial charge is 0.391 e. The van der Waals surface area contributed by atoms with E-state index >= 15 is 0 Å². The van der Waals surface area contributed by atoms with Gasteiger partial charge in [-0.15, -0.1) is 0 Å². The van der Waals surface area contributed by atoms with Gasteiger partial charge in [0, 0.05) is 16.5 Å². The van der Waals surface area contributed by atoms with Crippen LogP contribution in [0, 0.1) is 19.3 Å². The van der Waals surface area contributed by atoms with E-state index in [0.29, 0.717) is 11.5 Å². The summed E-state index contributed by atoms with van der Waals surface area (Å²) in [6.45, 7) is 26.7. The Balaban J connectivity index is 2.04. The Bertz CT molecular complexity index is 2420. The lowest BCUT2D eigenvalue weighted by molar-refractivity contribution is 0.0817. The lowest BCUT2D eigenvalue weighted by Crippen LogP contribution is -2.47. The number of unbranched alkanes of at least 4 members (excludes halogenated alkanes) is 41. The van der Waals surface area contributed by atoms with Crippen LogP contribution in [0.2, 0.25) is 0 Å². The lowest BCUT2D eigenvalue weighted by Gasteiger charge is -2.54. The summed E-state index contributed by atoms with van der Waals surface area (Å²) in [4.78, 5) is 41.5. The van der Waals surface area contributed by atoms with Crippen molar-refractivity contribution in [2.75, 3.05) is 0 Å². The zero-order valence-corrected chi connectivity index (χ0v) is 66.9. The number of rotatable bonds is 58. The molecule has 8 heteroatoms. The Kier molecular flexibility index (Phi) is 44.4. The molecule has 0 aliphatic rings. The molecule has 0 aromatic heterocycles. The van der Waals surface area contributed by atoms with Crippen LogP contribution < -0.4 is 9.05 Å². The maximum absolute atomic E-state index is 10.4. The molecule has 0 saturated carbocycles. The van der Waals surface area contributed by atoms with Gasteiger partial charge in [-0.05, 0) is 112 Å². The fourth-order valence-electron chi connectivity index (χ4n) is 16.7. The molecule has 4 aromatic rings. The predicted molar refractivity (Wildman–Crippen MR) is 427 cm³/mol. The van der Waals surface area contributed by atoms with E-state index in [1.54, 1.807) is 0 Å². The van der Waals surface area contributed by atoms with E-state index in [4.69, 9.17) is 9.05 Å². The second-order valence-corrected chi connectivity index (χ2v) is 33.8. The number of benzene rings is 4. The molecule has 0 spiro atoms. The van der Waals surface area contributed by atoms with Crippen LogP contribution in [0.1, 0.15) is 417 Å². The second kappa shape index (κ2) is 49.7. The molecule has 6 nitrogen and oxygen atoms in total. The second-order valence-electron chi connectivity index (χ2n) is 32.4. The minimum absolute atomic E-state index is 0.0215. The van der Waals surface area contributed by atoms with Gasteiger partial charge < -0.3 is 28.6 Å². The third-order valence-corrected chi connectivity index (χ3v) is 22.5. The topological polar surface area (TPSA) is 99.4 Å². The third kappa shape index (κ3) is 32.2. The molecular weight excluding hydrogens is 1230 g/mol. The average molecular weight is 1380 g/mol. The van der Waals surface area contributed by atoms with Gasteiger partial charge in [0.1, 0.15) is 11.5 Å². The molecule has 0 saturated heterocycles. The Labute approximate surface area is 601 Å². The molecule has 0 unspecified atom stereocenters. The Morgan fingerprint density at radius 1 is 0.289 bits per heavy atom. The van der Waals surface area contributed by atoms with Crippen molar-refractivity contribution >= 4 is 17.2 Å². The Hall–Kier alpha value is -2.82. The number of aryl methyl sites for hydroxylation is 2. The van der Waals surface area contributed by atoms with Gasteiger partial charge in [-0.3, -0.25) is 0 Å². The lowest BCUT2D eigenvalue weighted by atomic mass is 9.50. The fourth-order valence-corrected chi connectivity index (χ4v) is 17.3. The first-order valence-electron chi connectivity index (χ1n) is 41.0. The van der Waals surface area contributed by atoms with E-state index in [1.807, 2.05) is 12.1 Å².